The number of aliphatic hydroxyl groups is 1. The number of nitriles is 1. The SMILES string of the molecule is CC1=C(C#N)C(=O)N(CC(C)O)C(=O)/C1=C/c1ccc(-c2ccc(Br)cc2C(=O)O)o1. The number of imide groups is 1. The molecule has 0 saturated carbocycles. The van der Waals surface area contributed by atoms with Crippen LogP contribution in [0.3, 0.4) is 0 Å². The quantitative estimate of drug-likeness (QED) is 0.490. The van der Waals surface area contributed by atoms with E-state index < -0.39 is 23.9 Å². The summed E-state index contributed by atoms with van der Waals surface area (Å²) in [6.45, 7) is 2.66. The third-order valence-corrected chi connectivity index (χ3v) is 5.16. The summed E-state index contributed by atoms with van der Waals surface area (Å²) in [5.74, 6) is -2.03. The first-order valence-electron chi connectivity index (χ1n) is 9.14. The van der Waals surface area contributed by atoms with Crippen LogP contribution < -0.4 is 0 Å². The van der Waals surface area contributed by atoms with Crippen molar-refractivity contribution in [3.63, 3.8) is 0 Å². The molecule has 2 aromatic rings. The Balaban J connectivity index is 2.07. The molecule has 0 bridgehead atoms. The summed E-state index contributed by atoms with van der Waals surface area (Å²) in [5, 5.41) is 28.5. The maximum absolute atomic E-state index is 12.9. The number of halogens is 1. The van der Waals surface area contributed by atoms with Gasteiger partial charge in [-0.1, -0.05) is 15.9 Å². The summed E-state index contributed by atoms with van der Waals surface area (Å²) >= 11 is 3.24. The summed E-state index contributed by atoms with van der Waals surface area (Å²) in [5.41, 5.74) is 0.470. The average Bonchev–Trinajstić information content (AvgIpc) is 3.17. The Kier molecular flexibility index (Phi) is 6.24. The lowest BCUT2D eigenvalue weighted by atomic mass is 9.94. The van der Waals surface area contributed by atoms with E-state index in [1.807, 2.05) is 6.07 Å². The lowest BCUT2D eigenvalue weighted by Gasteiger charge is -2.28. The van der Waals surface area contributed by atoms with Crippen LogP contribution in [0.4, 0.5) is 0 Å². The predicted molar refractivity (Wildman–Crippen MR) is 113 cm³/mol. The highest BCUT2D eigenvalue weighted by Crippen LogP contribution is 2.31. The minimum Gasteiger partial charge on any atom is -0.478 e. The van der Waals surface area contributed by atoms with Crippen molar-refractivity contribution in [2.45, 2.75) is 20.0 Å². The zero-order valence-electron chi connectivity index (χ0n) is 16.5. The highest BCUT2D eigenvalue weighted by molar-refractivity contribution is 9.10. The summed E-state index contributed by atoms with van der Waals surface area (Å²) < 4.78 is 6.35. The zero-order chi connectivity index (χ0) is 22.9. The van der Waals surface area contributed by atoms with Gasteiger partial charge in [-0.3, -0.25) is 14.5 Å². The summed E-state index contributed by atoms with van der Waals surface area (Å²) in [7, 11) is 0. The fourth-order valence-electron chi connectivity index (χ4n) is 3.19. The predicted octanol–water partition coefficient (Wildman–Crippen LogP) is 3.38. The molecule has 1 atom stereocenters. The molecule has 158 valence electrons. The molecule has 0 radical (unpaired) electrons. The number of nitrogens with zero attached hydrogens (tertiary/aromatic N) is 2. The van der Waals surface area contributed by atoms with Crippen LogP contribution in [-0.4, -0.2) is 45.5 Å². The number of carbonyl (C=O) groups excluding carboxylic acids is 2. The summed E-state index contributed by atoms with van der Waals surface area (Å²) in [6, 6.07) is 9.66. The van der Waals surface area contributed by atoms with Gasteiger partial charge in [-0.05, 0) is 55.8 Å². The van der Waals surface area contributed by atoms with E-state index in [0.717, 1.165) is 4.90 Å². The van der Waals surface area contributed by atoms with E-state index in [1.165, 1.54) is 26.0 Å². The largest absolute Gasteiger partial charge is 0.478 e. The van der Waals surface area contributed by atoms with Crippen LogP contribution in [0.2, 0.25) is 0 Å². The number of hydrogen-bond acceptors (Lipinski definition) is 6. The van der Waals surface area contributed by atoms with Gasteiger partial charge < -0.3 is 14.6 Å². The van der Waals surface area contributed by atoms with Crippen molar-refractivity contribution in [2.24, 2.45) is 0 Å². The lowest BCUT2D eigenvalue weighted by molar-refractivity contribution is -0.141. The number of carboxylic acids is 1. The van der Waals surface area contributed by atoms with Crippen molar-refractivity contribution in [2.75, 3.05) is 6.54 Å². The molecule has 1 aromatic heterocycles. The summed E-state index contributed by atoms with van der Waals surface area (Å²) in [6.07, 6.45) is 0.425. The molecule has 0 spiro atoms. The Morgan fingerprint density at radius 3 is 2.61 bits per heavy atom. The van der Waals surface area contributed by atoms with E-state index in [2.05, 4.69) is 15.9 Å². The second kappa shape index (κ2) is 8.71. The molecule has 0 saturated heterocycles. The number of benzene rings is 1. The van der Waals surface area contributed by atoms with Gasteiger partial charge in [0, 0.05) is 15.6 Å². The van der Waals surface area contributed by atoms with Crippen LogP contribution in [-0.2, 0) is 9.59 Å². The Morgan fingerprint density at radius 1 is 1.29 bits per heavy atom. The molecular weight excluding hydrogens is 468 g/mol. The number of carbonyl (C=O) groups is 3. The number of furan rings is 1. The standard InChI is InChI=1S/C22H17BrN2O6/c1-11(26)10-25-20(27)16(12(2)18(9-24)21(25)28)8-14-4-6-19(31-14)15-5-3-13(23)7-17(15)22(29)30/h3-8,11,26H,10H2,1-2H3,(H,29,30)/b16-8+. The van der Waals surface area contributed by atoms with Crippen LogP contribution in [0.25, 0.3) is 17.4 Å². The third kappa shape index (κ3) is 4.35. The molecular formula is C22H17BrN2O6. The number of aliphatic hydroxyl groups excluding tert-OH is 1. The molecule has 2 N–H and O–H groups in total. The van der Waals surface area contributed by atoms with Crippen LogP contribution in [0.15, 0.2) is 55.9 Å². The lowest BCUT2D eigenvalue weighted by Crippen LogP contribution is -2.45. The number of rotatable bonds is 5. The highest BCUT2D eigenvalue weighted by Gasteiger charge is 2.36. The molecule has 31 heavy (non-hydrogen) atoms. The zero-order valence-corrected chi connectivity index (χ0v) is 18.1. The van der Waals surface area contributed by atoms with Crippen LogP contribution in [0.5, 0.6) is 0 Å². The maximum atomic E-state index is 12.9. The minimum absolute atomic E-state index is 0.0354. The molecule has 1 aliphatic rings. The Morgan fingerprint density at radius 2 is 2.00 bits per heavy atom. The van der Waals surface area contributed by atoms with E-state index in [-0.39, 0.29) is 40.3 Å². The average molecular weight is 485 g/mol. The molecule has 2 heterocycles. The van der Waals surface area contributed by atoms with Gasteiger partial charge in [0.15, 0.2) is 0 Å². The number of β-amino-alcohol motifs (C(OH)–C–C–N with tert-alkyl or cyclic N) is 1. The summed E-state index contributed by atoms with van der Waals surface area (Å²) in [4.78, 5) is 37.7. The minimum atomic E-state index is -1.13. The van der Waals surface area contributed by atoms with E-state index in [4.69, 9.17) is 4.42 Å². The third-order valence-electron chi connectivity index (χ3n) is 4.66. The van der Waals surface area contributed by atoms with E-state index in [0.29, 0.717) is 10.0 Å². The molecule has 2 amide bonds. The van der Waals surface area contributed by atoms with Crippen molar-refractivity contribution >= 4 is 39.8 Å². The van der Waals surface area contributed by atoms with Gasteiger partial charge >= 0.3 is 5.97 Å². The van der Waals surface area contributed by atoms with Crippen molar-refractivity contribution < 1.29 is 29.0 Å². The fourth-order valence-corrected chi connectivity index (χ4v) is 3.55. The number of carboxylic acid groups (broad SMARTS) is 1. The first kappa shape index (κ1) is 22.2. The molecule has 1 aromatic carbocycles. The van der Waals surface area contributed by atoms with Gasteiger partial charge in [-0.25, -0.2) is 4.79 Å². The Bertz CT molecular complexity index is 1200. The van der Waals surface area contributed by atoms with Gasteiger partial charge in [-0.2, -0.15) is 5.26 Å². The van der Waals surface area contributed by atoms with Crippen molar-refractivity contribution in [3.8, 4) is 17.4 Å². The molecule has 0 aliphatic carbocycles. The van der Waals surface area contributed by atoms with Crippen LogP contribution in [0.1, 0.15) is 30.0 Å². The van der Waals surface area contributed by atoms with Crippen LogP contribution in [0, 0.1) is 11.3 Å². The molecule has 1 aliphatic heterocycles. The normalized spacial score (nSPS) is 16.6. The number of hydrogen-bond donors (Lipinski definition) is 2. The smallest absolute Gasteiger partial charge is 0.336 e. The molecule has 8 nitrogen and oxygen atoms in total. The highest BCUT2D eigenvalue weighted by atomic mass is 79.9. The molecule has 3 rings (SSSR count). The first-order valence-corrected chi connectivity index (χ1v) is 9.93. The molecule has 0 fully saturated rings. The molecule has 9 heteroatoms. The monoisotopic (exact) mass is 484 g/mol. The van der Waals surface area contributed by atoms with E-state index in [9.17, 15) is 29.9 Å². The number of aromatic carboxylic acids is 1. The van der Waals surface area contributed by atoms with Crippen molar-refractivity contribution in [3.05, 3.63) is 62.8 Å². The first-order chi connectivity index (χ1) is 14.6. The fraction of sp³-hybridized carbons (Fsp3) is 0.182. The second-order valence-electron chi connectivity index (χ2n) is 6.94. The van der Waals surface area contributed by atoms with Gasteiger partial charge in [0.1, 0.15) is 23.2 Å². The maximum Gasteiger partial charge on any atom is 0.336 e. The Hall–Kier alpha value is -3.48. The van der Waals surface area contributed by atoms with Crippen molar-refractivity contribution in [1.82, 2.24) is 4.90 Å². The van der Waals surface area contributed by atoms with E-state index >= 15 is 0 Å². The van der Waals surface area contributed by atoms with Gasteiger partial charge in [0.05, 0.1) is 18.2 Å². The van der Waals surface area contributed by atoms with Gasteiger partial charge in [-0.15, -0.1) is 0 Å². The van der Waals surface area contributed by atoms with Gasteiger partial charge in [0.2, 0.25) is 0 Å². The Labute approximate surface area is 185 Å². The van der Waals surface area contributed by atoms with E-state index in [1.54, 1.807) is 24.3 Å². The van der Waals surface area contributed by atoms with Gasteiger partial charge in [0.25, 0.3) is 11.8 Å². The van der Waals surface area contributed by atoms with Crippen LogP contribution >= 0.6 is 15.9 Å². The molecule has 1 unspecified atom stereocenters. The number of amides is 2. The van der Waals surface area contributed by atoms with Crippen molar-refractivity contribution in [1.29, 1.82) is 5.26 Å². The second-order valence-corrected chi connectivity index (χ2v) is 7.85. The topological polar surface area (TPSA) is 132 Å².